The molecule has 1 aromatic carbocycles. The number of anilines is 1. The SMILES string of the molecule is NNc1nc2ccccc2cc1CSc1ncc[nH]1. The molecule has 0 aliphatic rings. The highest BCUT2D eigenvalue weighted by Crippen LogP contribution is 2.26. The molecule has 2 heterocycles. The minimum absolute atomic E-state index is 0.706. The van der Waals surface area contributed by atoms with Crippen molar-refractivity contribution in [1.82, 2.24) is 15.0 Å². The molecule has 0 atom stereocenters. The predicted octanol–water partition coefficient (Wildman–Crippen LogP) is 2.54. The molecule has 0 amide bonds. The van der Waals surface area contributed by atoms with Crippen molar-refractivity contribution in [3.8, 4) is 0 Å². The first-order valence-corrected chi connectivity index (χ1v) is 6.83. The van der Waals surface area contributed by atoms with Crippen LogP contribution in [0.15, 0.2) is 47.9 Å². The summed E-state index contributed by atoms with van der Waals surface area (Å²) in [5.74, 6) is 7.01. The number of nitrogens with one attached hydrogen (secondary N) is 2. The summed E-state index contributed by atoms with van der Waals surface area (Å²) in [7, 11) is 0. The first-order chi connectivity index (χ1) is 9.36. The third-order valence-electron chi connectivity index (χ3n) is 2.78. The quantitative estimate of drug-likeness (QED) is 0.386. The zero-order valence-corrected chi connectivity index (χ0v) is 10.9. The summed E-state index contributed by atoms with van der Waals surface area (Å²) in [5.41, 5.74) is 4.65. The Bertz CT molecular complexity index is 681. The average Bonchev–Trinajstić information content (AvgIpc) is 2.97. The molecule has 4 N–H and O–H groups in total. The maximum Gasteiger partial charge on any atom is 0.165 e. The Morgan fingerprint density at radius 2 is 2.21 bits per heavy atom. The van der Waals surface area contributed by atoms with Crippen LogP contribution in [0.3, 0.4) is 0 Å². The van der Waals surface area contributed by atoms with E-state index in [2.05, 4.69) is 26.4 Å². The number of aromatic amines is 1. The molecule has 19 heavy (non-hydrogen) atoms. The Balaban J connectivity index is 1.92. The second-order valence-corrected chi connectivity index (χ2v) is 4.98. The second-order valence-electron chi connectivity index (χ2n) is 4.02. The van der Waals surface area contributed by atoms with Gasteiger partial charge in [-0.2, -0.15) is 0 Å². The number of benzene rings is 1. The summed E-state index contributed by atoms with van der Waals surface area (Å²) in [5, 5.41) is 1.99. The van der Waals surface area contributed by atoms with Crippen molar-refractivity contribution < 1.29 is 0 Å². The number of hydrogen-bond acceptors (Lipinski definition) is 5. The van der Waals surface area contributed by atoms with Crippen LogP contribution >= 0.6 is 11.8 Å². The molecule has 3 rings (SSSR count). The molecule has 0 aliphatic heterocycles. The van der Waals surface area contributed by atoms with Crippen LogP contribution in [-0.4, -0.2) is 15.0 Å². The lowest BCUT2D eigenvalue weighted by Gasteiger charge is -2.09. The van der Waals surface area contributed by atoms with E-state index >= 15 is 0 Å². The van der Waals surface area contributed by atoms with Crippen LogP contribution in [0, 0.1) is 0 Å². The summed E-state index contributed by atoms with van der Waals surface area (Å²) >= 11 is 1.62. The van der Waals surface area contributed by atoms with Crippen molar-refractivity contribution in [3.63, 3.8) is 0 Å². The number of imidazole rings is 1. The predicted molar refractivity (Wildman–Crippen MR) is 77.7 cm³/mol. The number of nitrogen functional groups attached to an aromatic ring is 1. The summed E-state index contributed by atoms with van der Waals surface area (Å²) in [6, 6.07) is 10.1. The molecule has 5 nitrogen and oxygen atoms in total. The zero-order valence-electron chi connectivity index (χ0n) is 10.1. The number of nitrogens with two attached hydrogens (primary N) is 1. The maximum atomic E-state index is 5.55. The van der Waals surface area contributed by atoms with E-state index < -0.39 is 0 Å². The number of hydrazine groups is 1. The largest absolute Gasteiger partial charge is 0.340 e. The lowest BCUT2D eigenvalue weighted by Crippen LogP contribution is -2.11. The van der Waals surface area contributed by atoms with Gasteiger partial charge < -0.3 is 10.4 Å². The Hall–Kier alpha value is -2.05. The summed E-state index contributed by atoms with van der Waals surface area (Å²) in [4.78, 5) is 11.8. The minimum atomic E-state index is 0.706. The Morgan fingerprint density at radius 1 is 1.32 bits per heavy atom. The van der Waals surface area contributed by atoms with Gasteiger partial charge >= 0.3 is 0 Å². The van der Waals surface area contributed by atoms with Crippen LogP contribution in [0.5, 0.6) is 0 Å². The highest BCUT2D eigenvalue weighted by Gasteiger charge is 2.07. The number of thioether (sulfide) groups is 1. The van der Waals surface area contributed by atoms with E-state index in [0.29, 0.717) is 5.82 Å². The fraction of sp³-hybridized carbons (Fsp3) is 0.0769. The molecule has 96 valence electrons. The molecule has 0 bridgehead atoms. The molecule has 0 radical (unpaired) electrons. The van der Waals surface area contributed by atoms with Crippen LogP contribution in [0.25, 0.3) is 10.9 Å². The van der Waals surface area contributed by atoms with Crippen molar-refractivity contribution in [2.24, 2.45) is 5.84 Å². The van der Waals surface area contributed by atoms with Crippen molar-refractivity contribution in [2.45, 2.75) is 10.9 Å². The molecule has 0 spiro atoms. The molecule has 3 aromatic rings. The zero-order chi connectivity index (χ0) is 13.1. The standard InChI is InChI=1S/C13H13N5S/c14-18-12-10(8-19-13-15-5-6-16-13)7-9-3-1-2-4-11(9)17-12/h1-7H,8,14H2,(H,15,16)(H,17,18). The molecule has 6 heteroatoms. The number of aromatic nitrogens is 3. The number of para-hydroxylation sites is 1. The molecule has 0 fully saturated rings. The maximum absolute atomic E-state index is 5.55. The van der Waals surface area contributed by atoms with Gasteiger partial charge in [0.05, 0.1) is 5.52 Å². The second kappa shape index (κ2) is 5.29. The number of pyridine rings is 1. The fourth-order valence-corrected chi connectivity index (χ4v) is 2.67. The molecular weight excluding hydrogens is 258 g/mol. The first-order valence-electron chi connectivity index (χ1n) is 5.84. The van der Waals surface area contributed by atoms with Gasteiger partial charge in [0.1, 0.15) is 5.82 Å². The fourth-order valence-electron chi connectivity index (χ4n) is 1.87. The highest BCUT2D eigenvalue weighted by molar-refractivity contribution is 7.98. The van der Waals surface area contributed by atoms with Crippen LogP contribution < -0.4 is 11.3 Å². The van der Waals surface area contributed by atoms with E-state index in [1.165, 1.54) is 0 Å². The van der Waals surface area contributed by atoms with Gasteiger partial charge in [-0.25, -0.2) is 15.8 Å². The van der Waals surface area contributed by atoms with Crippen LogP contribution in [-0.2, 0) is 5.75 Å². The Kier molecular flexibility index (Phi) is 3.35. The molecule has 2 aromatic heterocycles. The van der Waals surface area contributed by atoms with Gasteiger partial charge in [-0.15, -0.1) is 0 Å². The van der Waals surface area contributed by atoms with Gasteiger partial charge in [0, 0.05) is 29.1 Å². The smallest absolute Gasteiger partial charge is 0.165 e. The molecular formula is C13H13N5S. The Labute approximate surface area is 114 Å². The van der Waals surface area contributed by atoms with Crippen LogP contribution in [0.2, 0.25) is 0 Å². The average molecular weight is 271 g/mol. The highest BCUT2D eigenvalue weighted by atomic mass is 32.2. The van der Waals surface area contributed by atoms with Gasteiger partial charge in [0.15, 0.2) is 5.16 Å². The minimum Gasteiger partial charge on any atom is -0.340 e. The topological polar surface area (TPSA) is 79.6 Å². The lowest BCUT2D eigenvalue weighted by atomic mass is 10.1. The Morgan fingerprint density at radius 3 is 3.00 bits per heavy atom. The summed E-state index contributed by atoms with van der Waals surface area (Å²) in [6.45, 7) is 0. The third-order valence-corrected chi connectivity index (χ3v) is 3.73. The van der Waals surface area contributed by atoms with E-state index in [9.17, 15) is 0 Å². The van der Waals surface area contributed by atoms with E-state index in [4.69, 9.17) is 5.84 Å². The number of nitrogens with zero attached hydrogens (tertiary/aromatic N) is 2. The number of fused-ring (bicyclic) bond motifs is 1. The van der Waals surface area contributed by atoms with Crippen LogP contribution in [0.1, 0.15) is 5.56 Å². The van der Waals surface area contributed by atoms with Crippen LogP contribution in [0.4, 0.5) is 5.82 Å². The van der Waals surface area contributed by atoms with Gasteiger partial charge in [-0.05, 0) is 12.1 Å². The molecule has 0 aliphatic carbocycles. The van der Waals surface area contributed by atoms with Crippen molar-refractivity contribution in [1.29, 1.82) is 0 Å². The van der Waals surface area contributed by atoms with E-state index in [1.807, 2.05) is 30.5 Å². The third kappa shape index (κ3) is 2.54. The van der Waals surface area contributed by atoms with Crippen molar-refractivity contribution >= 4 is 28.5 Å². The van der Waals surface area contributed by atoms with Gasteiger partial charge in [0.2, 0.25) is 0 Å². The molecule has 0 unspecified atom stereocenters. The summed E-state index contributed by atoms with van der Waals surface area (Å²) in [6.07, 6.45) is 3.55. The number of hydrogen-bond donors (Lipinski definition) is 3. The van der Waals surface area contributed by atoms with E-state index in [0.717, 1.165) is 27.4 Å². The first kappa shape index (κ1) is 12.0. The molecule has 0 saturated heterocycles. The van der Waals surface area contributed by atoms with Gasteiger partial charge in [-0.1, -0.05) is 30.0 Å². The number of rotatable bonds is 4. The lowest BCUT2D eigenvalue weighted by molar-refractivity contribution is 1.06. The summed E-state index contributed by atoms with van der Waals surface area (Å²) < 4.78 is 0. The normalized spacial score (nSPS) is 10.8. The molecule has 0 saturated carbocycles. The monoisotopic (exact) mass is 271 g/mol. The van der Waals surface area contributed by atoms with Gasteiger partial charge in [0.25, 0.3) is 0 Å². The van der Waals surface area contributed by atoms with Crippen molar-refractivity contribution in [2.75, 3.05) is 5.43 Å². The van der Waals surface area contributed by atoms with E-state index in [-0.39, 0.29) is 0 Å². The van der Waals surface area contributed by atoms with E-state index in [1.54, 1.807) is 18.0 Å². The van der Waals surface area contributed by atoms with Crippen molar-refractivity contribution in [3.05, 3.63) is 48.3 Å². The van der Waals surface area contributed by atoms with Gasteiger partial charge in [-0.3, -0.25) is 0 Å². The number of H-pyrrole nitrogens is 1.